The van der Waals surface area contributed by atoms with Crippen molar-refractivity contribution in [1.82, 2.24) is 25.1 Å². The molecular weight excluding hydrogens is 316 g/mol. The van der Waals surface area contributed by atoms with Gasteiger partial charge in [-0.3, -0.25) is 4.98 Å². The molecule has 7 nitrogen and oxygen atoms in total. The van der Waals surface area contributed by atoms with Gasteiger partial charge >= 0.3 is 0 Å². The maximum atomic E-state index is 5.35. The highest BCUT2D eigenvalue weighted by Crippen LogP contribution is 2.28. The van der Waals surface area contributed by atoms with Gasteiger partial charge in [-0.15, -0.1) is 0 Å². The maximum Gasteiger partial charge on any atom is 0.258 e. The van der Waals surface area contributed by atoms with Gasteiger partial charge < -0.3 is 4.52 Å². The first-order valence-electron chi connectivity index (χ1n) is 7.49. The van der Waals surface area contributed by atoms with E-state index in [1.807, 2.05) is 42.5 Å². The summed E-state index contributed by atoms with van der Waals surface area (Å²) in [4.78, 5) is 21.3. The number of nitrogens with zero attached hydrogens (tertiary/aromatic N) is 6. The van der Waals surface area contributed by atoms with Gasteiger partial charge in [-0.1, -0.05) is 23.4 Å². The summed E-state index contributed by atoms with van der Waals surface area (Å²) >= 11 is 0. The van der Waals surface area contributed by atoms with Gasteiger partial charge in [0.15, 0.2) is 11.5 Å². The van der Waals surface area contributed by atoms with Crippen molar-refractivity contribution in [2.45, 2.75) is 0 Å². The maximum absolute atomic E-state index is 5.35. The molecule has 120 valence electrons. The van der Waals surface area contributed by atoms with Gasteiger partial charge in [-0.2, -0.15) is 4.98 Å². The van der Waals surface area contributed by atoms with Crippen molar-refractivity contribution >= 4 is 12.5 Å². The quantitative estimate of drug-likeness (QED) is 0.532. The van der Waals surface area contributed by atoms with Crippen molar-refractivity contribution in [1.29, 1.82) is 0 Å². The van der Waals surface area contributed by atoms with Crippen molar-refractivity contribution < 1.29 is 4.52 Å². The lowest BCUT2D eigenvalue weighted by atomic mass is 10.2. The molecule has 0 fully saturated rings. The molecule has 0 bridgehead atoms. The van der Waals surface area contributed by atoms with Gasteiger partial charge in [0.2, 0.25) is 5.82 Å². The van der Waals surface area contributed by atoms with Crippen LogP contribution in [0.25, 0.3) is 34.2 Å². The van der Waals surface area contributed by atoms with Crippen LogP contribution < -0.4 is 0 Å². The second-order valence-corrected chi connectivity index (χ2v) is 5.12. The molecule has 0 amide bonds. The Morgan fingerprint density at radius 1 is 0.920 bits per heavy atom. The highest BCUT2D eigenvalue weighted by Gasteiger charge is 2.17. The molecule has 0 aliphatic rings. The Hall–Kier alpha value is -3.74. The molecule has 7 heteroatoms. The first-order chi connectivity index (χ1) is 12.3. The highest BCUT2D eigenvalue weighted by molar-refractivity contribution is 5.70. The predicted molar refractivity (Wildman–Crippen MR) is 93.2 cm³/mol. The molecular formula is C18H12N6O. The van der Waals surface area contributed by atoms with Crippen LogP contribution in [0.4, 0.5) is 5.82 Å². The minimum Gasteiger partial charge on any atom is -0.334 e. The molecule has 0 unspecified atom stereocenters. The van der Waals surface area contributed by atoms with Gasteiger partial charge in [-0.25, -0.2) is 15.0 Å². The highest BCUT2D eigenvalue weighted by atomic mass is 16.5. The second kappa shape index (κ2) is 6.40. The molecule has 4 rings (SSSR count). The number of aliphatic imine (C=N–C) groups is 1. The fourth-order valence-electron chi connectivity index (χ4n) is 2.32. The number of rotatable bonds is 4. The number of aromatic nitrogens is 5. The van der Waals surface area contributed by atoms with Gasteiger partial charge in [0.1, 0.15) is 0 Å². The van der Waals surface area contributed by atoms with E-state index in [9.17, 15) is 0 Å². The summed E-state index contributed by atoms with van der Waals surface area (Å²) in [5, 5.41) is 4.01. The van der Waals surface area contributed by atoms with Gasteiger partial charge in [-0.05, 0) is 31.0 Å². The van der Waals surface area contributed by atoms with Crippen LogP contribution >= 0.6 is 0 Å². The lowest BCUT2D eigenvalue weighted by Crippen LogP contribution is -1.93. The largest absolute Gasteiger partial charge is 0.334 e. The molecule has 0 spiro atoms. The van der Waals surface area contributed by atoms with E-state index in [2.05, 4.69) is 36.8 Å². The zero-order valence-corrected chi connectivity index (χ0v) is 13.1. The van der Waals surface area contributed by atoms with E-state index < -0.39 is 0 Å². The number of pyridine rings is 1. The Bertz CT molecular complexity index is 1010. The first-order valence-corrected chi connectivity index (χ1v) is 7.49. The Morgan fingerprint density at radius 3 is 2.52 bits per heavy atom. The van der Waals surface area contributed by atoms with Crippen molar-refractivity contribution in [3.8, 4) is 34.2 Å². The van der Waals surface area contributed by atoms with Crippen LogP contribution in [-0.4, -0.2) is 31.8 Å². The summed E-state index contributed by atoms with van der Waals surface area (Å²) in [6.45, 7) is 3.53. The third-order valence-corrected chi connectivity index (χ3v) is 3.52. The van der Waals surface area contributed by atoms with Crippen LogP contribution in [0.1, 0.15) is 0 Å². The van der Waals surface area contributed by atoms with Crippen molar-refractivity contribution in [3.05, 3.63) is 61.1 Å². The van der Waals surface area contributed by atoms with E-state index in [-0.39, 0.29) is 0 Å². The van der Waals surface area contributed by atoms with Crippen LogP contribution in [0.2, 0.25) is 0 Å². The van der Waals surface area contributed by atoms with Crippen LogP contribution in [0.15, 0.2) is 70.6 Å². The minimum atomic E-state index is 0.305. The summed E-state index contributed by atoms with van der Waals surface area (Å²) in [6.07, 6.45) is 5.02. The first kappa shape index (κ1) is 14.8. The lowest BCUT2D eigenvalue weighted by molar-refractivity contribution is 0.432. The number of hydrogen-bond donors (Lipinski definition) is 0. The Balaban J connectivity index is 1.79. The standard InChI is InChI=1S/C18H12N6O/c1-19-16-15(22-14(11-21-16)13-8-5-9-20-10-13)17-23-18(25-24-17)12-6-3-2-4-7-12/h2-11H,1H2. The Morgan fingerprint density at radius 2 is 1.76 bits per heavy atom. The number of benzene rings is 1. The van der Waals surface area contributed by atoms with Gasteiger partial charge in [0, 0.05) is 23.5 Å². The number of hydrogen-bond acceptors (Lipinski definition) is 7. The summed E-state index contributed by atoms with van der Waals surface area (Å²) in [6, 6.07) is 13.2. The minimum absolute atomic E-state index is 0.305. The third-order valence-electron chi connectivity index (χ3n) is 3.52. The average Bonchev–Trinajstić information content (AvgIpc) is 3.19. The molecule has 0 saturated carbocycles. The van der Waals surface area contributed by atoms with E-state index in [1.54, 1.807) is 18.6 Å². The topological polar surface area (TPSA) is 90.0 Å². The van der Waals surface area contributed by atoms with E-state index in [1.165, 1.54) is 0 Å². The molecule has 0 atom stereocenters. The zero-order valence-electron chi connectivity index (χ0n) is 13.1. The van der Waals surface area contributed by atoms with Gasteiger partial charge in [0.25, 0.3) is 5.89 Å². The Kier molecular flexibility index (Phi) is 3.80. The van der Waals surface area contributed by atoms with Crippen LogP contribution in [0.3, 0.4) is 0 Å². The lowest BCUT2D eigenvalue weighted by Gasteiger charge is -2.03. The smallest absolute Gasteiger partial charge is 0.258 e. The molecule has 3 heterocycles. The molecule has 0 aliphatic heterocycles. The fourth-order valence-corrected chi connectivity index (χ4v) is 2.32. The normalized spacial score (nSPS) is 10.6. The molecule has 0 saturated heterocycles. The van der Waals surface area contributed by atoms with Gasteiger partial charge in [0.05, 0.1) is 11.9 Å². The predicted octanol–water partition coefficient (Wildman–Crippen LogP) is 3.59. The molecule has 0 N–H and O–H groups in total. The van der Waals surface area contributed by atoms with Crippen molar-refractivity contribution in [2.75, 3.05) is 0 Å². The van der Waals surface area contributed by atoms with E-state index in [4.69, 9.17) is 4.52 Å². The average molecular weight is 328 g/mol. The van der Waals surface area contributed by atoms with Crippen LogP contribution in [-0.2, 0) is 0 Å². The van der Waals surface area contributed by atoms with Crippen LogP contribution in [0.5, 0.6) is 0 Å². The molecule has 1 aromatic carbocycles. The van der Waals surface area contributed by atoms with E-state index in [0.29, 0.717) is 28.9 Å². The molecule has 4 aromatic rings. The van der Waals surface area contributed by atoms with Crippen LogP contribution in [0, 0.1) is 0 Å². The molecule has 25 heavy (non-hydrogen) atoms. The Labute approximate surface area is 143 Å². The van der Waals surface area contributed by atoms with Crippen molar-refractivity contribution in [2.24, 2.45) is 4.99 Å². The van der Waals surface area contributed by atoms with Crippen molar-refractivity contribution in [3.63, 3.8) is 0 Å². The SMILES string of the molecule is C=Nc1ncc(-c2cccnc2)nc1-c1noc(-c2ccccc2)n1. The summed E-state index contributed by atoms with van der Waals surface area (Å²) in [5.74, 6) is 1.05. The summed E-state index contributed by atoms with van der Waals surface area (Å²) < 4.78 is 5.35. The fraction of sp³-hybridized carbons (Fsp3) is 0. The van der Waals surface area contributed by atoms with E-state index >= 15 is 0 Å². The third kappa shape index (κ3) is 2.90. The monoisotopic (exact) mass is 328 g/mol. The summed E-state index contributed by atoms with van der Waals surface area (Å²) in [7, 11) is 0. The van der Waals surface area contributed by atoms with E-state index in [0.717, 1.165) is 11.1 Å². The second-order valence-electron chi connectivity index (χ2n) is 5.12. The molecule has 0 aliphatic carbocycles. The molecule has 0 radical (unpaired) electrons. The summed E-state index contributed by atoms with van der Waals surface area (Å²) in [5.41, 5.74) is 2.70. The molecule has 3 aromatic heterocycles. The zero-order chi connectivity index (χ0) is 17.1.